The summed E-state index contributed by atoms with van der Waals surface area (Å²) in [6, 6.07) is 13.3. The molecule has 37 heavy (non-hydrogen) atoms. The van der Waals surface area contributed by atoms with Gasteiger partial charge in [0.15, 0.2) is 5.82 Å². The van der Waals surface area contributed by atoms with Crippen LogP contribution in [-0.2, 0) is 9.53 Å². The Morgan fingerprint density at radius 3 is 2.59 bits per heavy atom. The summed E-state index contributed by atoms with van der Waals surface area (Å²) in [5.41, 5.74) is 1.82. The minimum atomic E-state index is -0.433. The van der Waals surface area contributed by atoms with Gasteiger partial charge >= 0.3 is 6.09 Å². The molecule has 11 heteroatoms. The molecule has 1 spiro atoms. The van der Waals surface area contributed by atoms with Gasteiger partial charge in [0.1, 0.15) is 17.2 Å². The van der Waals surface area contributed by atoms with Crippen LogP contribution in [0.1, 0.15) is 36.8 Å². The topological polar surface area (TPSA) is 140 Å². The van der Waals surface area contributed by atoms with Crippen molar-refractivity contribution in [2.75, 3.05) is 23.3 Å². The molecule has 3 aromatic rings. The smallest absolute Gasteiger partial charge is 0.416 e. The van der Waals surface area contributed by atoms with Crippen molar-refractivity contribution in [2.45, 2.75) is 45.1 Å². The Morgan fingerprint density at radius 2 is 1.95 bits per heavy atom. The molecule has 0 bridgehead atoms. The highest BCUT2D eigenvalue weighted by molar-refractivity contribution is 5.89. The van der Waals surface area contributed by atoms with Crippen molar-refractivity contribution < 1.29 is 24.2 Å². The molecule has 1 aliphatic carbocycles. The van der Waals surface area contributed by atoms with Gasteiger partial charge in [0.25, 0.3) is 6.47 Å². The molecule has 194 valence electrons. The number of hydrogen-bond donors (Lipinski definition) is 2. The van der Waals surface area contributed by atoms with Crippen molar-refractivity contribution in [1.82, 2.24) is 20.4 Å². The van der Waals surface area contributed by atoms with Crippen LogP contribution in [0.4, 0.5) is 16.4 Å². The average Bonchev–Trinajstić information content (AvgIpc) is 3.22. The lowest BCUT2D eigenvalue weighted by Gasteiger charge is -2.35. The van der Waals surface area contributed by atoms with E-state index in [-0.39, 0.29) is 12.6 Å². The van der Waals surface area contributed by atoms with Crippen molar-refractivity contribution in [3.05, 3.63) is 59.8 Å². The first kappa shape index (κ1) is 25.8. The number of benzene rings is 1. The quantitative estimate of drug-likeness (QED) is 0.463. The van der Waals surface area contributed by atoms with Gasteiger partial charge in [-0.3, -0.25) is 9.69 Å². The highest BCUT2D eigenvalue weighted by Gasteiger charge is 2.48. The van der Waals surface area contributed by atoms with Crippen molar-refractivity contribution in [1.29, 1.82) is 0 Å². The van der Waals surface area contributed by atoms with Gasteiger partial charge in [0.2, 0.25) is 5.88 Å². The maximum atomic E-state index is 12.4. The van der Waals surface area contributed by atoms with Crippen LogP contribution < -0.4 is 15.0 Å². The Bertz CT molecular complexity index is 1200. The van der Waals surface area contributed by atoms with Crippen molar-refractivity contribution in [3.8, 4) is 11.6 Å². The summed E-state index contributed by atoms with van der Waals surface area (Å²) >= 11 is 0. The summed E-state index contributed by atoms with van der Waals surface area (Å²) < 4.78 is 11.7. The molecule has 1 saturated heterocycles. The lowest BCUT2D eigenvalue weighted by molar-refractivity contribution is -0.122. The summed E-state index contributed by atoms with van der Waals surface area (Å²) in [5.74, 6) is 2.98. The fourth-order valence-corrected chi connectivity index (χ4v) is 4.65. The average molecular weight is 507 g/mol. The van der Waals surface area contributed by atoms with E-state index in [1.54, 1.807) is 23.2 Å². The number of nitrogens with one attached hydrogen (secondary N) is 1. The number of ether oxygens (including phenoxy) is 2. The molecular weight excluding hydrogens is 476 g/mol. The molecule has 1 amide bonds. The molecular formula is C26H30N6O5. The molecule has 2 aliphatic rings. The van der Waals surface area contributed by atoms with Crippen LogP contribution in [0, 0.1) is 19.8 Å². The molecule has 1 aromatic carbocycles. The van der Waals surface area contributed by atoms with Crippen LogP contribution in [0.3, 0.4) is 0 Å². The number of rotatable bonds is 6. The molecule has 1 saturated carbocycles. The number of anilines is 2. The molecule has 0 radical (unpaired) electrons. The lowest BCUT2D eigenvalue weighted by Crippen LogP contribution is -2.39. The Kier molecular flexibility index (Phi) is 8.11. The number of aryl methyl sites for hydroxylation is 2. The number of amides is 1. The monoisotopic (exact) mass is 506 g/mol. The van der Waals surface area contributed by atoms with Gasteiger partial charge in [-0.1, -0.05) is 17.7 Å². The predicted octanol–water partition coefficient (Wildman–Crippen LogP) is 4.37. The van der Waals surface area contributed by atoms with Gasteiger partial charge in [-0.25, -0.2) is 4.79 Å². The second kappa shape index (κ2) is 11.6. The standard InChI is InChI=1S/C25H28N6O3.CH2O2/c1-17-5-6-20(18(2)14-17)33-23-8-7-21(28-30-23)26-15-19-9-11-25(12-10-19)16-31(24(32)34-25)22-4-3-13-27-29-22;2-1-3/h3-8,13-14,19H,9-12,15-16H2,1-2H3,(H,26,28);1H,(H,2,3). The van der Waals surface area contributed by atoms with E-state index in [2.05, 4.69) is 38.7 Å². The van der Waals surface area contributed by atoms with Crippen LogP contribution in [-0.4, -0.2) is 56.8 Å². The van der Waals surface area contributed by atoms with E-state index in [1.807, 2.05) is 31.2 Å². The minimum Gasteiger partial charge on any atom is -0.483 e. The van der Waals surface area contributed by atoms with E-state index in [9.17, 15) is 4.79 Å². The van der Waals surface area contributed by atoms with E-state index < -0.39 is 5.60 Å². The van der Waals surface area contributed by atoms with Crippen LogP contribution in [0.2, 0.25) is 0 Å². The maximum absolute atomic E-state index is 12.4. The van der Waals surface area contributed by atoms with Crippen LogP contribution >= 0.6 is 0 Å². The molecule has 2 N–H and O–H groups in total. The predicted molar refractivity (Wildman–Crippen MR) is 136 cm³/mol. The van der Waals surface area contributed by atoms with Gasteiger partial charge in [0.05, 0.1) is 6.54 Å². The summed E-state index contributed by atoms with van der Waals surface area (Å²) in [7, 11) is 0. The maximum Gasteiger partial charge on any atom is 0.416 e. The van der Waals surface area contributed by atoms with Crippen molar-refractivity contribution >= 4 is 24.2 Å². The summed E-state index contributed by atoms with van der Waals surface area (Å²) in [6.45, 7) is 5.14. The zero-order valence-corrected chi connectivity index (χ0v) is 20.8. The third-order valence-electron chi connectivity index (χ3n) is 6.58. The molecule has 1 aliphatic heterocycles. The molecule has 5 rings (SSSR count). The summed E-state index contributed by atoms with van der Waals surface area (Å²) in [4.78, 5) is 22.4. The number of aromatic nitrogens is 4. The zero-order valence-electron chi connectivity index (χ0n) is 20.8. The van der Waals surface area contributed by atoms with E-state index in [0.29, 0.717) is 24.2 Å². The fraction of sp³-hybridized carbons (Fsp3) is 0.385. The van der Waals surface area contributed by atoms with Gasteiger partial charge in [-0.2, -0.15) is 5.10 Å². The Hall–Kier alpha value is -4.28. The van der Waals surface area contributed by atoms with Crippen molar-refractivity contribution in [2.24, 2.45) is 5.92 Å². The zero-order chi connectivity index (χ0) is 26.3. The van der Waals surface area contributed by atoms with E-state index in [0.717, 1.165) is 49.4 Å². The van der Waals surface area contributed by atoms with E-state index in [4.69, 9.17) is 19.4 Å². The third-order valence-corrected chi connectivity index (χ3v) is 6.58. The number of hydrogen-bond acceptors (Lipinski definition) is 9. The summed E-state index contributed by atoms with van der Waals surface area (Å²) in [6.07, 6.45) is 4.85. The molecule has 11 nitrogen and oxygen atoms in total. The first-order valence-electron chi connectivity index (χ1n) is 12.1. The largest absolute Gasteiger partial charge is 0.483 e. The lowest BCUT2D eigenvalue weighted by atomic mass is 9.78. The molecule has 3 heterocycles. The Labute approximate surface area is 214 Å². The highest BCUT2D eigenvalue weighted by Crippen LogP contribution is 2.40. The van der Waals surface area contributed by atoms with Gasteiger partial charge in [0, 0.05) is 18.8 Å². The van der Waals surface area contributed by atoms with Gasteiger partial charge in [-0.15, -0.1) is 15.3 Å². The minimum absolute atomic E-state index is 0.250. The first-order chi connectivity index (χ1) is 17.9. The third kappa shape index (κ3) is 6.49. The van der Waals surface area contributed by atoms with E-state index >= 15 is 0 Å². The Morgan fingerprint density at radius 1 is 1.16 bits per heavy atom. The number of carbonyl (C=O) groups is 2. The molecule has 2 fully saturated rings. The Balaban J connectivity index is 0.00000102. The second-order valence-corrected chi connectivity index (χ2v) is 9.28. The second-order valence-electron chi connectivity index (χ2n) is 9.28. The van der Waals surface area contributed by atoms with Crippen molar-refractivity contribution in [3.63, 3.8) is 0 Å². The van der Waals surface area contributed by atoms with Crippen LogP contribution in [0.25, 0.3) is 0 Å². The SMILES string of the molecule is Cc1ccc(Oc2ccc(NCC3CCC4(CC3)CN(c3cccnn3)C(=O)O4)nn2)c(C)c1.O=CO. The van der Waals surface area contributed by atoms with Crippen LogP contribution in [0.15, 0.2) is 48.7 Å². The fourth-order valence-electron chi connectivity index (χ4n) is 4.65. The van der Waals surface area contributed by atoms with Gasteiger partial charge in [-0.05, 0) is 75.3 Å². The molecule has 2 aromatic heterocycles. The number of carbonyl (C=O) groups excluding carboxylic acids is 1. The van der Waals surface area contributed by atoms with E-state index in [1.165, 1.54) is 5.56 Å². The van der Waals surface area contributed by atoms with Gasteiger partial charge < -0.3 is 19.9 Å². The van der Waals surface area contributed by atoms with Crippen LogP contribution in [0.5, 0.6) is 11.6 Å². The highest BCUT2D eigenvalue weighted by atomic mass is 16.6. The molecule has 0 unspecified atom stereocenters. The normalized spacial score (nSPS) is 20.5. The number of carboxylic acid groups (broad SMARTS) is 1. The number of nitrogens with zero attached hydrogens (tertiary/aromatic N) is 5. The first-order valence-corrected chi connectivity index (χ1v) is 12.1. The molecule has 0 atom stereocenters. The summed E-state index contributed by atoms with van der Waals surface area (Å²) in [5, 5.41) is 26.6.